The number of rotatable bonds is 1. The Morgan fingerprint density at radius 1 is 0.846 bits per heavy atom. The Bertz CT molecular complexity index is 165. The van der Waals surface area contributed by atoms with Crippen LogP contribution in [0.1, 0.15) is 44.9 Å². The minimum Gasteiger partial charge on any atom is -0.316 e. The third kappa shape index (κ3) is 1.89. The van der Waals surface area contributed by atoms with E-state index in [1.165, 1.54) is 44.9 Å². The lowest BCUT2D eigenvalue weighted by Gasteiger charge is -2.42. The van der Waals surface area contributed by atoms with Gasteiger partial charge in [-0.1, -0.05) is 32.1 Å². The van der Waals surface area contributed by atoms with Crippen LogP contribution in [0.3, 0.4) is 0 Å². The first-order valence-electron chi connectivity index (χ1n) is 5.80. The zero-order valence-corrected chi connectivity index (χ0v) is 8.41. The summed E-state index contributed by atoms with van der Waals surface area (Å²) >= 11 is 0. The summed E-state index contributed by atoms with van der Waals surface area (Å²) in [6, 6.07) is 0. The molecule has 4 N–H and O–H groups in total. The van der Waals surface area contributed by atoms with Gasteiger partial charge in [0, 0.05) is 0 Å². The van der Waals surface area contributed by atoms with Crippen LogP contribution in [0.5, 0.6) is 0 Å². The molecule has 13 heavy (non-hydrogen) atoms. The fourth-order valence-corrected chi connectivity index (χ4v) is 3.47. The van der Waals surface area contributed by atoms with Crippen LogP contribution in [0.2, 0.25) is 0 Å². The van der Waals surface area contributed by atoms with E-state index < -0.39 is 0 Å². The lowest BCUT2D eigenvalue weighted by Crippen LogP contribution is -2.46. The lowest BCUT2D eigenvalue weighted by molar-refractivity contribution is 0.0880. The number of hydrogen-bond donors (Lipinski definition) is 2. The van der Waals surface area contributed by atoms with Gasteiger partial charge in [0.1, 0.15) is 0 Å². The highest BCUT2D eigenvalue weighted by atomic mass is 14.9. The van der Waals surface area contributed by atoms with Crippen molar-refractivity contribution in [1.82, 2.24) is 0 Å². The van der Waals surface area contributed by atoms with Gasteiger partial charge in [-0.2, -0.15) is 0 Å². The van der Waals surface area contributed by atoms with Gasteiger partial charge in [-0.05, 0) is 30.6 Å². The molecule has 2 fully saturated rings. The molecule has 0 heterocycles. The maximum absolute atomic E-state index is 5.85. The van der Waals surface area contributed by atoms with E-state index in [0.717, 1.165) is 11.8 Å². The molecular formula is C11H22N2. The molecule has 2 saturated carbocycles. The van der Waals surface area contributed by atoms with Gasteiger partial charge in [-0.25, -0.2) is 0 Å². The minimum atomic E-state index is -0.0640. The monoisotopic (exact) mass is 182 g/mol. The smallest absolute Gasteiger partial charge is 0.0552 e. The minimum absolute atomic E-state index is 0.0640. The molecule has 0 aromatic heterocycles. The molecule has 2 aliphatic carbocycles. The van der Waals surface area contributed by atoms with Crippen LogP contribution in [0.15, 0.2) is 0 Å². The van der Waals surface area contributed by atoms with Crippen molar-refractivity contribution in [2.45, 2.75) is 51.1 Å². The highest BCUT2D eigenvalue weighted by molar-refractivity contribution is 4.87. The van der Waals surface area contributed by atoms with Gasteiger partial charge in [0.25, 0.3) is 0 Å². The first-order valence-corrected chi connectivity index (χ1v) is 5.80. The first kappa shape index (κ1) is 9.47. The molecule has 0 spiro atoms. The molecule has 0 aromatic rings. The van der Waals surface area contributed by atoms with Gasteiger partial charge in [0.15, 0.2) is 0 Å². The summed E-state index contributed by atoms with van der Waals surface area (Å²) in [6.07, 6.45) is 9.68. The summed E-state index contributed by atoms with van der Waals surface area (Å²) in [4.78, 5) is 0. The molecular weight excluding hydrogens is 160 g/mol. The standard InChI is InChI=1S/C11H22N2/c12-11(13)10-7-3-5-8-4-1-2-6-9(8)10/h8-11H,1-7,12-13H2. The van der Waals surface area contributed by atoms with E-state index in [4.69, 9.17) is 11.5 Å². The molecule has 76 valence electrons. The lowest BCUT2D eigenvalue weighted by atomic mass is 9.65. The molecule has 0 radical (unpaired) electrons. The fraction of sp³-hybridized carbons (Fsp3) is 1.00. The second-order valence-electron chi connectivity index (χ2n) is 4.88. The molecule has 2 nitrogen and oxygen atoms in total. The highest BCUT2D eigenvalue weighted by Crippen LogP contribution is 2.43. The zero-order valence-electron chi connectivity index (χ0n) is 8.41. The van der Waals surface area contributed by atoms with Crippen LogP contribution in [-0.2, 0) is 0 Å². The summed E-state index contributed by atoms with van der Waals surface area (Å²) in [6.45, 7) is 0. The average molecular weight is 182 g/mol. The molecule has 3 atom stereocenters. The van der Waals surface area contributed by atoms with Gasteiger partial charge in [-0.3, -0.25) is 0 Å². The van der Waals surface area contributed by atoms with Gasteiger partial charge < -0.3 is 11.5 Å². The highest BCUT2D eigenvalue weighted by Gasteiger charge is 2.36. The quantitative estimate of drug-likeness (QED) is 0.608. The Hall–Kier alpha value is -0.0800. The second kappa shape index (κ2) is 3.97. The van der Waals surface area contributed by atoms with Gasteiger partial charge in [0.05, 0.1) is 6.17 Å². The van der Waals surface area contributed by atoms with E-state index >= 15 is 0 Å². The van der Waals surface area contributed by atoms with Crippen molar-refractivity contribution in [2.24, 2.45) is 29.2 Å². The summed E-state index contributed by atoms with van der Waals surface area (Å²) in [5.74, 6) is 2.45. The van der Waals surface area contributed by atoms with Crippen molar-refractivity contribution in [3.63, 3.8) is 0 Å². The Morgan fingerprint density at radius 3 is 2.31 bits per heavy atom. The van der Waals surface area contributed by atoms with E-state index in [0.29, 0.717) is 5.92 Å². The van der Waals surface area contributed by atoms with E-state index in [2.05, 4.69) is 0 Å². The second-order valence-corrected chi connectivity index (χ2v) is 4.88. The molecule has 0 aromatic carbocycles. The molecule has 0 aliphatic heterocycles. The average Bonchev–Trinajstić information content (AvgIpc) is 2.17. The summed E-state index contributed by atoms with van der Waals surface area (Å²) in [7, 11) is 0. The number of hydrogen-bond acceptors (Lipinski definition) is 2. The molecule has 2 heteroatoms. The molecule has 3 unspecified atom stereocenters. The van der Waals surface area contributed by atoms with Gasteiger partial charge in [-0.15, -0.1) is 0 Å². The number of fused-ring (bicyclic) bond motifs is 1. The van der Waals surface area contributed by atoms with Crippen molar-refractivity contribution >= 4 is 0 Å². The SMILES string of the molecule is NC(N)C1CCCC2CCCCC21. The molecule has 2 rings (SSSR count). The van der Waals surface area contributed by atoms with E-state index in [-0.39, 0.29) is 6.17 Å². The van der Waals surface area contributed by atoms with Crippen LogP contribution >= 0.6 is 0 Å². The van der Waals surface area contributed by atoms with Crippen molar-refractivity contribution in [3.05, 3.63) is 0 Å². The third-order valence-electron chi connectivity index (χ3n) is 4.12. The van der Waals surface area contributed by atoms with E-state index in [1.54, 1.807) is 0 Å². The predicted molar refractivity (Wildman–Crippen MR) is 55.0 cm³/mol. The van der Waals surface area contributed by atoms with Crippen molar-refractivity contribution in [1.29, 1.82) is 0 Å². The Kier molecular flexibility index (Phi) is 2.89. The molecule has 0 bridgehead atoms. The predicted octanol–water partition coefficient (Wildman–Crippen LogP) is 1.84. The van der Waals surface area contributed by atoms with Crippen LogP contribution in [0.4, 0.5) is 0 Å². The number of nitrogens with two attached hydrogens (primary N) is 2. The Morgan fingerprint density at radius 2 is 1.54 bits per heavy atom. The molecule has 2 aliphatic rings. The Labute approximate surface area is 81.1 Å². The van der Waals surface area contributed by atoms with E-state index in [9.17, 15) is 0 Å². The van der Waals surface area contributed by atoms with Crippen LogP contribution in [0.25, 0.3) is 0 Å². The summed E-state index contributed by atoms with van der Waals surface area (Å²) in [5, 5.41) is 0. The third-order valence-corrected chi connectivity index (χ3v) is 4.12. The Balaban J connectivity index is 2.02. The van der Waals surface area contributed by atoms with Crippen LogP contribution in [-0.4, -0.2) is 6.17 Å². The summed E-state index contributed by atoms with van der Waals surface area (Å²) < 4.78 is 0. The fourth-order valence-electron chi connectivity index (χ4n) is 3.47. The zero-order chi connectivity index (χ0) is 9.26. The maximum atomic E-state index is 5.85. The normalized spacial score (nSPS) is 40.4. The maximum Gasteiger partial charge on any atom is 0.0552 e. The first-order chi connectivity index (χ1) is 6.29. The summed E-state index contributed by atoms with van der Waals surface area (Å²) in [5.41, 5.74) is 11.7. The largest absolute Gasteiger partial charge is 0.316 e. The molecule has 0 amide bonds. The van der Waals surface area contributed by atoms with Crippen LogP contribution in [0, 0.1) is 17.8 Å². The molecule has 0 saturated heterocycles. The van der Waals surface area contributed by atoms with Crippen molar-refractivity contribution in [2.75, 3.05) is 0 Å². The topological polar surface area (TPSA) is 52.0 Å². The van der Waals surface area contributed by atoms with Crippen molar-refractivity contribution in [3.8, 4) is 0 Å². The van der Waals surface area contributed by atoms with Crippen molar-refractivity contribution < 1.29 is 0 Å². The van der Waals surface area contributed by atoms with Crippen LogP contribution < -0.4 is 11.5 Å². The van der Waals surface area contributed by atoms with Gasteiger partial charge >= 0.3 is 0 Å². The van der Waals surface area contributed by atoms with E-state index in [1.807, 2.05) is 0 Å². The van der Waals surface area contributed by atoms with Gasteiger partial charge in [0.2, 0.25) is 0 Å².